The maximum Gasteiger partial charge on any atom is 0.270 e. The summed E-state index contributed by atoms with van der Waals surface area (Å²) in [7, 11) is 0. The van der Waals surface area contributed by atoms with Gasteiger partial charge in [-0.25, -0.2) is 14.3 Å². The van der Waals surface area contributed by atoms with Crippen LogP contribution < -0.4 is 15.0 Å². The molecule has 0 saturated carbocycles. The van der Waals surface area contributed by atoms with Crippen LogP contribution in [0.15, 0.2) is 12.1 Å². The highest BCUT2D eigenvalue weighted by Gasteiger charge is 2.29. The molecule has 0 radical (unpaired) electrons. The minimum Gasteiger partial charge on any atom is -0.454 e. The number of nitrogens with one attached hydrogen (secondary N) is 1. The van der Waals surface area contributed by atoms with Gasteiger partial charge in [-0.1, -0.05) is 0 Å². The molecule has 1 aromatic rings. The second-order valence-electron chi connectivity index (χ2n) is 3.59. The Morgan fingerprint density at radius 3 is 2.81 bits per heavy atom. The zero-order valence-electron chi connectivity index (χ0n) is 8.59. The summed E-state index contributed by atoms with van der Waals surface area (Å²) in [6, 6.07) is 2.54. The fraction of sp³-hybridized carbons (Fsp3) is 0.400. The van der Waals surface area contributed by atoms with Gasteiger partial charge in [0.2, 0.25) is 6.79 Å². The van der Waals surface area contributed by atoms with Crippen LogP contribution in [0.5, 0.6) is 11.5 Å². The van der Waals surface area contributed by atoms with Crippen LogP contribution in [0.1, 0.15) is 18.1 Å². The summed E-state index contributed by atoms with van der Waals surface area (Å²) in [6.45, 7) is 0.836. The third-order valence-corrected chi connectivity index (χ3v) is 2.33. The topological polar surface area (TPSA) is 50.7 Å². The van der Waals surface area contributed by atoms with E-state index in [-0.39, 0.29) is 24.7 Å². The lowest BCUT2D eigenvalue weighted by atomic mass is 10.0. The lowest BCUT2D eigenvalue weighted by molar-refractivity contribution is 0.0171. The minimum absolute atomic E-state index is 0.00645. The summed E-state index contributed by atoms with van der Waals surface area (Å²) in [5, 5.41) is 8.61. The van der Waals surface area contributed by atoms with E-state index in [4.69, 9.17) is 14.7 Å². The van der Waals surface area contributed by atoms with Crippen LogP contribution in [0.25, 0.3) is 0 Å². The number of fused-ring (bicyclic) bond motifs is 1. The second-order valence-corrected chi connectivity index (χ2v) is 3.59. The van der Waals surface area contributed by atoms with Crippen molar-refractivity contribution >= 4 is 0 Å². The number of hydrogen-bond donors (Lipinski definition) is 2. The predicted octanol–water partition coefficient (Wildman–Crippen LogP) is 2.01. The quantitative estimate of drug-likeness (QED) is 0.781. The molecule has 4 nitrogen and oxygen atoms in total. The number of hydrogen-bond acceptors (Lipinski definition) is 4. The molecule has 0 amide bonds. The summed E-state index contributed by atoms with van der Waals surface area (Å²) in [5.74, 6) is -2.27. The van der Waals surface area contributed by atoms with Crippen molar-refractivity contribution in [2.24, 2.45) is 0 Å². The molecule has 1 aliphatic heterocycles. The number of halogens is 2. The molecule has 0 saturated heterocycles. The summed E-state index contributed by atoms with van der Waals surface area (Å²) in [6.07, 6.45) is 0. The van der Waals surface area contributed by atoms with E-state index in [0.29, 0.717) is 11.3 Å². The third kappa shape index (κ3) is 1.94. The lowest BCUT2D eigenvalue weighted by Crippen LogP contribution is -2.11. The van der Waals surface area contributed by atoms with Crippen molar-refractivity contribution in [1.29, 1.82) is 0 Å². The summed E-state index contributed by atoms with van der Waals surface area (Å²) in [4.78, 5) is 0. The number of alkyl halides is 2. The van der Waals surface area contributed by atoms with Gasteiger partial charge in [0, 0.05) is 24.6 Å². The van der Waals surface area contributed by atoms with Gasteiger partial charge < -0.3 is 14.7 Å². The SMILES string of the molecule is CC(F)(F)c1cc(CNO)c2c(c1)OCO2. The molecule has 0 aromatic heterocycles. The molecule has 1 heterocycles. The van der Waals surface area contributed by atoms with Gasteiger partial charge in [-0.3, -0.25) is 0 Å². The first kappa shape index (κ1) is 11.1. The summed E-state index contributed by atoms with van der Waals surface area (Å²) < 4.78 is 36.5. The fourth-order valence-corrected chi connectivity index (χ4v) is 1.55. The van der Waals surface area contributed by atoms with Gasteiger partial charge in [-0.2, -0.15) is 0 Å². The van der Waals surface area contributed by atoms with Gasteiger partial charge in [0.25, 0.3) is 5.92 Å². The number of ether oxygens (including phenoxy) is 2. The first-order valence-electron chi connectivity index (χ1n) is 4.70. The highest BCUT2D eigenvalue weighted by molar-refractivity contribution is 5.51. The average molecular weight is 231 g/mol. The molecule has 2 rings (SSSR count). The maximum absolute atomic E-state index is 13.2. The molecule has 0 aliphatic carbocycles. The van der Waals surface area contributed by atoms with Gasteiger partial charge >= 0.3 is 0 Å². The van der Waals surface area contributed by atoms with Crippen LogP contribution in [0, 0.1) is 0 Å². The Labute approximate surface area is 90.7 Å². The molecular formula is C10H11F2NO3. The Morgan fingerprint density at radius 2 is 2.19 bits per heavy atom. The first-order chi connectivity index (χ1) is 7.52. The van der Waals surface area contributed by atoms with Crippen molar-refractivity contribution in [2.75, 3.05) is 6.79 Å². The van der Waals surface area contributed by atoms with Crippen molar-refractivity contribution in [3.05, 3.63) is 23.3 Å². The van der Waals surface area contributed by atoms with E-state index >= 15 is 0 Å². The van der Waals surface area contributed by atoms with Crippen LogP contribution in [-0.2, 0) is 12.5 Å². The molecule has 16 heavy (non-hydrogen) atoms. The van der Waals surface area contributed by atoms with E-state index in [1.54, 1.807) is 0 Å². The van der Waals surface area contributed by atoms with E-state index in [1.807, 2.05) is 5.48 Å². The molecular weight excluding hydrogens is 220 g/mol. The first-order valence-corrected chi connectivity index (χ1v) is 4.70. The van der Waals surface area contributed by atoms with Crippen LogP contribution in [-0.4, -0.2) is 12.0 Å². The normalized spacial score (nSPS) is 14.2. The van der Waals surface area contributed by atoms with Crippen molar-refractivity contribution in [3.63, 3.8) is 0 Å². The maximum atomic E-state index is 13.2. The van der Waals surface area contributed by atoms with Gasteiger partial charge in [0.05, 0.1) is 0 Å². The molecule has 0 fully saturated rings. The molecule has 0 bridgehead atoms. The fourth-order valence-electron chi connectivity index (χ4n) is 1.55. The second kappa shape index (κ2) is 3.88. The Balaban J connectivity index is 2.47. The van der Waals surface area contributed by atoms with Crippen LogP contribution in [0.4, 0.5) is 8.78 Å². The summed E-state index contributed by atoms with van der Waals surface area (Å²) in [5.41, 5.74) is 2.19. The average Bonchev–Trinajstić information content (AvgIpc) is 2.64. The van der Waals surface area contributed by atoms with Crippen LogP contribution in [0.2, 0.25) is 0 Å². The highest BCUT2D eigenvalue weighted by Crippen LogP contribution is 2.40. The van der Waals surface area contributed by atoms with E-state index in [9.17, 15) is 8.78 Å². The third-order valence-electron chi connectivity index (χ3n) is 2.33. The largest absolute Gasteiger partial charge is 0.454 e. The summed E-state index contributed by atoms with van der Waals surface area (Å²) >= 11 is 0. The van der Waals surface area contributed by atoms with Gasteiger partial charge in [0.1, 0.15) is 0 Å². The van der Waals surface area contributed by atoms with E-state index in [2.05, 4.69) is 0 Å². The van der Waals surface area contributed by atoms with Crippen molar-refractivity contribution in [1.82, 2.24) is 5.48 Å². The standard InChI is InChI=1S/C10H11F2NO3/c1-10(11,12)7-2-6(4-13-14)9-8(3-7)15-5-16-9/h2-3,13-14H,4-5H2,1H3. The molecule has 2 N–H and O–H groups in total. The van der Waals surface area contributed by atoms with E-state index < -0.39 is 5.92 Å². The molecule has 88 valence electrons. The van der Waals surface area contributed by atoms with Crippen LogP contribution in [0.3, 0.4) is 0 Å². The highest BCUT2D eigenvalue weighted by atomic mass is 19.3. The number of hydroxylamine groups is 1. The Kier molecular flexibility index (Phi) is 2.69. The monoisotopic (exact) mass is 231 g/mol. The molecule has 6 heteroatoms. The lowest BCUT2D eigenvalue weighted by Gasteiger charge is -2.13. The number of benzene rings is 1. The van der Waals surface area contributed by atoms with Gasteiger partial charge in [-0.15, -0.1) is 0 Å². The molecule has 0 atom stereocenters. The van der Waals surface area contributed by atoms with Gasteiger partial charge in [0.15, 0.2) is 11.5 Å². The predicted molar refractivity (Wildman–Crippen MR) is 50.8 cm³/mol. The molecule has 0 spiro atoms. The minimum atomic E-state index is -2.95. The van der Waals surface area contributed by atoms with Crippen molar-refractivity contribution in [3.8, 4) is 11.5 Å². The Bertz CT molecular complexity index is 404. The molecule has 1 aliphatic rings. The van der Waals surface area contributed by atoms with Gasteiger partial charge in [-0.05, 0) is 12.1 Å². The zero-order valence-corrected chi connectivity index (χ0v) is 8.59. The smallest absolute Gasteiger partial charge is 0.270 e. The van der Waals surface area contributed by atoms with E-state index in [1.165, 1.54) is 12.1 Å². The Morgan fingerprint density at radius 1 is 1.44 bits per heavy atom. The van der Waals surface area contributed by atoms with Crippen molar-refractivity contribution < 1.29 is 23.5 Å². The Hall–Kier alpha value is -1.40. The molecule has 0 unspecified atom stereocenters. The van der Waals surface area contributed by atoms with Crippen molar-refractivity contribution in [2.45, 2.75) is 19.4 Å². The zero-order chi connectivity index (χ0) is 11.8. The molecule has 1 aromatic carbocycles. The van der Waals surface area contributed by atoms with Crippen LogP contribution >= 0.6 is 0 Å². The van der Waals surface area contributed by atoms with E-state index in [0.717, 1.165) is 6.92 Å². The number of rotatable bonds is 3.